The van der Waals surface area contributed by atoms with E-state index in [0.717, 1.165) is 67.7 Å². The number of aliphatic imine (C=N–C) groups is 1. The van der Waals surface area contributed by atoms with Gasteiger partial charge in [-0.25, -0.2) is 4.99 Å². The number of aromatic nitrogens is 1. The zero-order valence-corrected chi connectivity index (χ0v) is 28.7. The summed E-state index contributed by atoms with van der Waals surface area (Å²) in [4.78, 5) is 9.00. The number of H-pyrrole nitrogens is 1. The molecule has 4 nitrogen and oxygen atoms in total. The van der Waals surface area contributed by atoms with Gasteiger partial charge in [-0.1, -0.05) is 114 Å². The van der Waals surface area contributed by atoms with Crippen molar-refractivity contribution in [1.82, 2.24) is 4.98 Å². The van der Waals surface area contributed by atoms with Crippen LogP contribution in [0, 0.1) is 0 Å². The van der Waals surface area contributed by atoms with Crippen LogP contribution in [0.15, 0.2) is 120 Å². The first-order valence-corrected chi connectivity index (χ1v) is 16.2. The Morgan fingerprint density at radius 3 is 1.53 bits per heavy atom. The summed E-state index contributed by atoms with van der Waals surface area (Å²) >= 11 is 0. The van der Waals surface area contributed by atoms with Crippen LogP contribution in [0.1, 0.15) is 69.5 Å². The molecule has 0 radical (unpaired) electrons. The molecule has 0 bridgehead atoms. The lowest BCUT2D eigenvalue weighted by Gasteiger charge is -2.19. The zero-order chi connectivity index (χ0) is 33.3. The number of aromatic amines is 1. The van der Waals surface area contributed by atoms with Crippen molar-refractivity contribution in [3.8, 4) is 33.9 Å². The van der Waals surface area contributed by atoms with E-state index >= 15 is 0 Å². The highest BCUT2D eigenvalue weighted by atomic mass is 16.5. The highest BCUT2D eigenvalue weighted by Gasteiger charge is 2.21. The summed E-state index contributed by atoms with van der Waals surface area (Å²) in [5.41, 5.74) is 13.2. The molecule has 1 aliphatic rings. The van der Waals surface area contributed by atoms with Crippen LogP contribution in [-0.2, 0) is 10.8 Å². The second-order valence-electron chi connectivity index (χ2n) is 14.2. The maximum Gasteiger partial charge on any atom is 0.118 e. The van der Waals surface area contributed by atoms with Gasteiger partial charge in [0.1, 0.15) is 11.5 Å². The topological polar surface area (TPSA) is 46.6 Å². The normalized spacial score (nSPS) is 14.3. The smallest absolute Gasteiger partial charge is 0.118 e. The molecule has 1 N–H and O–H groups in total. The molecule has 1 aromatic heterocycles. The third kappa shape index (κ3) is 6.88. The molecule has 0 saturated carbocycles. The molecule has 1 aliphatic heterocycles. The molecule has 2 heterocycles. The molecule has 5 aromatic rings. The molecular formula is C43H44N2O2. The van der Waals surface area contributed by atoms with Crippen LogP contribution >= 0.6 is 0 Å². The third-order valence-corrected chi connectivity index (χ3v) is 8.84. The van der Waals surface area contributed by atoms with Gasteiger partial charge in [0.05, 0.1) is 25.6 Å². The van der Waals surface area contributed by atoms with Crippen molar-refractivity contribution in [2.75, 3.05) is 14.2 Å². The predicted octanol–water partition coefficient (Wildman–Crippen LogP) is 10.9. The first-order chi connectivity index (χ1) is 22.4. The molecule has 238 valence electrons. The SMILES string of the molecule is COc1ccc(C2=CC(c3ccc(C(C)(C)C)cc3)=N/C2=C\c2[nH]c(-c3ccc(C(C)(C)C)cc3)cc2-c2ccc(OC)cc2)cc1. The van der Waals surface area contributed by atoms with Crippen molar-refractivity contribution >= 4 is 17.4 Å². The van der Waals surface area contributed by atoms with Crippen LogP contribution < -0.4 is 9.47 Å². The molecule has 47 heavy (non-hydrogen) atoms. The molecular weight excluding hydrogens is 576 g/mol. The number of nitrogens with one attached hydrogen (secondary N) is 1. The minimum Gasteiger partial charge on any atom is -0.497 e. The van der Waals surface area contributed by atoms with E-state index in [2.05, 4.69) is 138 Å². The van der Waals surface area contributed by atoms with E-state index in [4.69, 9.17) is 14.5 Å². The van der Waals surface area contributed by atoms with Crippen LogP contribution in [0.3, 0.4) is 0 Å². The summed E-state index contributed by atoms with van der Waals surface area (Å²) in [6, 6.07) is 36.3. The van der Waals surface area contributed by atoms with E-state index < -0.39 is 0 Å². The Balaban J connectivity index is 1.48. The van der Waals surface area contributed by atoms with Gasteiger partial charge >= 0.3 is 0 Å². The van der Waals surface area contributed by atoms with Gasteiger partial charge in [0.25, 0.3) is 0 Å². The molecule has 6 rings (SSSR count). The Hall–Kier alpha value is -5.09. The summed E-state index contributed by atoms with van der Waals surface area (Å²) in [7, 11) is 3.39. The Bertz CT molecular complexity index is 1960. The minimum absolute atomic E-state index is 0.0847. The van der Waals surface area contributed by atoms with Crippen molar-refractivity contribution in [2.45, 2.75) is 52.4 Å². The van der Waals surface area contributed by atoms with Crippen LogP contribution in [0.25, 0.3) is 34.0 Å². The maximum absolute atomic E-state index is 5.46. The Morgan fingerprint density at radius 2 is 1.04 bits per heavy atom. The average Bonchev–Trinajstić information content (AvgIpc) is 3.69. The largest absolute Gasteiger partial charge is 0.497 e. The molecule has 0 spiro atoms. The number of hydrogen-bond acceptors (Lipinski definition) is 3. The van der Waals surface area contributed by atoms with E-state index in [1.165, 1.54) is 11.1 Å². The van der Waals surface area contributed by atoms with Crippen molar-refractivity contribution < 1.29 is 9.47 Å². The number of methoxy groups -OCH3 is 2. The predicted molar refractivity (Wildman–Crippen MR) is 198 cm³/mol. The Kier molecular flexibility index (Phi) is 8.55. The summed E-state index contributed by atoms with van der Waals surface area (Å²) in [6.45, 7) is 13.4. The van der Waals surface area contributed by atoms with Gasteiger partial charge in [0.2, 0.25) is 0 Å². The molecule has 4 heteroatoms. The molecule has 4 aromatic carbocycles. The van der Waals surface area contributed by atoms with Gasteiger partial charge in [0, 0.05) is 28.1 Å². The van der Waals surface area contributed by atoms with Gasteiger partial charge in [-0.15, -0.1) is 0 Å². The third-order valence-electron chi connectivity index (χ3n) is 8.84. The molecule has 0 fully saturated rings. The average molecular weight is 621 g/mol. The van der Waals surface area contributed by atoms with Gasteiger partial charge < -0.3 is 14.5 Å². The first-order valence-electron chi connectivity index (χ1n) is 16.2. The summed E-state index contributed by atoms with van der Waals surface area (Å²) in [5.74, 6) is 1.65. The second kappa shape index (κ2) is 12.6. The summed E-state index contributed by atoms with van der Waals surface area (Å²) in [5, 5.41) is 0. The summed E-state index contributed by atoms with van der Waals surface area (Å²) in [6.07, 6.45) is 4.38. The lowest BCUT2D eigenvalue weighted by Crippen LogP contribution is -2.11. The van der Waals surface area contributed by atoms with E-state index in [9.17, 15) is 0 Å². The number of hydrogen-bond donors (Lipinski definition) is 1. The van der Waals surface area contributed by atoms with Crippen molar-refractivity contribution in [2.24, 2.45) is 4.99 Å². The number of ether oxygens (including phenoxy) is 2. The van der Waals surface area contributed by atoms with Gasteiger partial charge in [0.15, 0.2) is 0 Å². The van der Waals surface area contributed by atoms with Crippen LogP contribution in [0.5, 0.6) is 11.5 Å². The van der Waals surface area contributed by atoms with Crippen molar-refractivity contribution in [3.63, 3.8) is 0 Å². The fourth-order valence-electron chi connectivity index (χ4n) is 5.87. The van der Waals surface area contributed by atoms with Gasteiger partial charge in [-0.05, 0) is 81.1 Å². The number of allylic oxidation sites excluding steroid dienone is 2. The fraction of sp³-hybridized carbons (Fsp3) is 0.233. The molecule has 0 atom stereocenters. The number of rotatable bonds is 7. The molecule has 0 amide bonds. The van der Waals surface area contributed by atoms with Crippen LogP contribution in [0.2, 0.25) is 0 Å². The van der Waals surface area contributed by atoms with E-state index in [1.54, 1.807) is 14.2 Å². The lowest BCUT2D eigenvalue weighted by molar-refractivity contribution is 0.414. The molecule has 0 saturated heterocycles. The first kappa shape index (κ1) is 31.9. The number of nitrogens with zero attached hydrogens (tertiary/aromatic N) is 1. The second-order valence-corrected chi connectivity index (χ2v) is 14.2. The molecule has 0 aliphatic carbocycles. The van der Waals surface area contributed by atoms with Gasteiger partial charge in [-0.2, -0.15) is 0 Å². The monoisotopic (exact) mass is 620 g/mol. The summed E-state index contributed by atoms with van der Waals surface area (Å²) < 4.78 is 10.9. The highest BCUT2D eigenvalue weighted by molar-refractivity contribution is 6.18. The van der Waals surface area contributed by atoms with Gasteiger partial charge in [-0.3, -0.25) is 0 Å². The quantitative estimate of drug-likeness (QED) is 0.197. The maximum atomic E-state index is 5.46. The fourth-order valence-corrected chi connectivity index (χ4v) is 5.87. The zero-order valence-electron chi connectivity index (χ0n) is 28.7. The highest BCUT2D eigenvalue weighted by Crippen LogP contribution is 2.38. The van der Waals surface area contributed by atoms with E-state index in [-0.39, 0.29) is 10.8 Å². The van der Waals surface area contributed by atoms with Crippen molar-refractivity contribution in [3.05, 3.63) is 143 Å². The van der Waals surface area contributed by atoms with Crippen molar-refractivity contribution in [1.29, 1.82) is 0 Å². The van der Waals surface area contributed by atoms with E-state index in [0.29, 0.717) is 0 Å². The minimum atomic E-state index is 0.0847. The van der Waals surface area contributed by atoms with E-state index in [1.807, 2.05) is 24.3 Å². The lowest BCUT2D eigenvalue weighted by atomic mass is 9.86. The Morgan fingerprint density at radius 1 is 0.574 bits per heavy atom. The Labute approximate surface area is 279 Å². The standard InChI is InChI=1S/C43H44N2O2/c1-42(2,3)32-17-9-30(10-18-32)38-25-36(28-13-21-34(46-7)22-14-28)40(44-38)27-41-37(29-15-23-35(47-8)24-16-29)26-39(45-41)31-11-19-33(20-12-31)43(4,5)6/h9-27,44H,1-8H3/b41-27-. The van der Waals surface area contributed by atoms with Crippen LogP contribution in [0.4, 0.5) is 0 Å². The number of benzene rings is 4. The van der Waals surface area contributed by atoms with Crippen LogP contribution in [-0.4, -0.2) is 24.9 Å². The molecule has 0 unspecified atom stereocenters.